The molecular weight excluding hydrogens is 337 g/mol. The van der Waals surface area contributed by atoms with E-state index in [1.165, 1.54) is 62.7 Å². The summed E-state index contributed by atoms with van der Waals surface area (Å²) in [6.07, 6.45) is 9.90. The van der Waals surface area contributed by atoms with Crippen LogP contribution in [0.1, 0.15) is 75.8 Å². The standard InChI is InChI=1S/C22H29F3O/c1-2-3-16-4-6-17(7-5-16)8-9-18-10-11-20-15-21(26-22(23,24)25)13-12-19(20)14-18/h12-17H,2-11H2,1H3. The minimum Gasteiger partial charge on any atom is -0.406 e. The number of aryl methyl sites for hydroxylation is 1. The van der Waals surface area contributed by atoms with Crippen LogP contribution in [0, 0.1) is 11.8 Å². The summed E-state index contributed by atoms with van der Waals surface area (Å²) in [5.41, 5.74) is 3.45. The van der Waals surface area contributed by atoms with Crippen molar-refractivity contribution in [3.63, 3.8) is 0 Å². The van der Waals surface area contributed by atoms with Crippen molar-refractivity contribution in [2.24, 2.45) is 11.8 Å². The Bertz CT molecular complexity index is 625. The SMILES string of the molecule is CCCC1CCC(CCC2=Cc3ccc(OC(F)(F)F)cc3CC2)CC1. The third-order valence-electron chi connectivity index (χ3n) is 5.96. The molecule has 0 aromatic heterocycles. The van der Waals surface area contributed by atoms with E-state index in [2.05, 4.69) is 17.7 Å². The van der Waals surface area contributed by atoms with Crippen LogP contribution in [0.5, 0.6) is 5.75 Å². The van der Waals surface area contributed by atoms with E-state index < -0.39 is 6.36 Å². The first kappa shape index (κ1) is 19.3. The van der Waals surface area contributed by atoms with E-state index in [1.54, 1.807) is 6.07 Å². The highest BCUT2D eigenvalue weighted by Crippen LogP contribution is 2.36. The van der Waals surface area contributed by atoms with Crippen LogP contribution in [0.15, 0.2) is 23.8 Å². The zero-order valence-electron chi connectivity index (χ0n) is 15.6. The summed E-state index contributed by atoms with van der Waals surface area (Å²) < 4.78 is 41.1. The zero-order valence-corrected chi connectivity index (χ0v) is 15.6. The molecule has 0 saturated heterocycles. The van der Waals surface area contributed by atoms with Gasteiger partial charge in [0.2, 0.25) is 0 Å². The van der Waals surface area contributed by atoms with Crippen molar-refractivity contribution < 1.29 is 17.9 Å². The van der Waals surface area contributed by atoms with E-state index >= 15 is 0 Å². The molecule has 1 saturated carbocycles. The fourth-order valence-electron chi connectivity index (χ4n) is 4.53. The van der Waals surface area contributed by atoms with Gasteiger partial charge in [-0.25, -0.2) is 0 Å². The lowest BCUT2D eigenvalue weighted by Crippen LogP contribution is -2.17. The molecule has 1 aromatic rings. The summed E-state index contributed by atoms with van der Waals surface area (Å²) in [4.78, 5) is 0. The molecule has 0 heterocycles. The van der Waals surface area contributed by atoms with Crippen molar-refractivity contribution in [1.82, 2.24) is 0 Å². The number of allylic oxidation sites excluding steroid dienone is 1. The van der Waals surface area contributed by atoms with Gasteiger partial charge in [0.25, 0.3) is 0 Å². The molecule has 1 fully saturated rings. The predicted octanol–water partition coefficient (Wildman–Crippen LogP) is 7.30. The van der Waals surface area contributed by atoms with Gasteiger partial charge in [-0.05, 0) is 60.8 Å². The summed E-state index contributed by atoms with van der Waals surface area (Å²) in [6, 6.07) is 4.71. The molecule has 4 heteroatoms. The Hall–Kier alpha value is -1.45. The number of benzene rings is 1. The van der Waals surface area contributed by atoms with Gasteiger partial charge >= 0.3 is 6.36 Å². The molecule has 1 aromatic carbocycles. The fraction of sp³-hybridized carbons (Fsp3) is 0.636. The maximum Gasteiger partial charge on any atom is 0.573 e. The summed E-state index contributed by atoms with van der Waals surface area (Å²) >= 11 is 0. The third kappa shape index (κ3) is 5.52. The molecule has 0 radical (unpaired) electrons. The van der Waals surface area contributed by atoms with Gasteiger partial charge in [-0.1, -0.05) is 63.2 Å². The van der Waals surface area contributed by atoms with Crippen LogP contribution in [0.4, 0.5) is 13.2 Å². The molecule has 26 heavy (non-hydrogen) atoms. The first-order valence-electron chi connectivity index (χ1n) is 10.0. The number of ether oxygens (including phenoxy) is 1. The number of hydrogen-bond donors (Lipinski definition) is 0. The average Bonchev–Trinajstić information content (AvgIpc) is 2.60. The lowest BCUT2D eigenvalue weighted by molar-refractivity contribution is -0.274. The van der Waals surface area contributed by atoms with Crippen LogP contribution in [-0.4, -0.2) is 6.36 Å². The summed E-state index contributed by atoms with van der Waals surface area (Å²) in [5.74, 6) is 1.69. The van der Waals surface area contributed by atoms with Gasteiger partial charge in [-0.15, -0.1) is 13.2 Å². The molecule has 144 valence electrons. The quantitative estimate of drug-likeness (QED) is 0.513. The normalized spacial score (nSPS) is 23.3. The zero-order chi connectivity index (χ0) is 18.6. The van der Waals surface area contributed by atoms with E-state index in [0.717, 1.165) is 42.2 Å². The van der Waals surface area contributed by atoms with Crippen LogP contribution in [0.3, 0.4) is 0 Å². The molecule has 0 unspecified atom stereocenters. The number of halogens is 3. The van der Waals surface area contributed by atoms with Crippen molar-refractivity contribution in [2.45, 2.75) is 77.5 Å². The highest BCUT2D eigenvalue weighted by Gasteiger charge is 2.31. The second kappa shape index (κ2) is 8.49. The fourth-order valence-corrected chi connectivity index (χ4v) is 4.53. The summed E-state index contributed by atoms with van der Waals surface area (Å²) in [5, 5.41) is 0. The topological polar surface area (TPSA) is 9.23 Å². The van der Waals surface area contributed by atoms with Crippen molar-refractivity contribution in [3.05, 3.63) is 34.9 Å². The lowest BCUT2D eigenvalue weighted by Gasteiger charge is -2.29. The van der Waals surface area contributed by atoms with Gasteiger partial charge in [0.05, 0.1) is 0 Å². The monoisotopic (exact) mass is 366 g/mol. The van der Waals surface area contributed by atoms with Gasteiger partial charge in [0, 0.05) is 0 Å². The Morgan fingerprint density at radius 1 is 1.00 bits per heavy atom. The van der Waals surface area contributed by atoms with Gasteiger partial charge in [0.15, 0.2) is 0 Å². The molecule has 3 rings (SSSR count). The third-order valence-corrected chi connectivity index (χ3v) is 5.96. The first-order valence-corrected chi connectivity index (χ1v) is 10.0. The Kier molecular flexibility index (Phi) is 6.31. The van der Waals surface area contributed by atoms with Crippen LogP contribution in [0.25, 0.3) is 6.08 Å². The number of rotatable bonds is 6. The molecule has 2 aliphatic carbocycles. The van der Waals surface area contributed by atoms with Gasteiger partial charge in [-0.3, -0.25) is 0 Å². The molecule has 0 aliphatic heterocycles. The minimum absolute atomic E-state index is 0.114. The smallest absolute Gasteiger partial charge is 0.406 e. The Labute approximate surface area is 154 Å². The van der Waals surface area contributed by atoms with E-state index in [9.17, 15) is 13.2 Å². The molecule has 0 bridgehead atoms. The highest BCUT2D eigenvalue weighted by molar-refractivity contribution is 5.61. The summed E-state index contributed by atoms with van der Waals surface area (Å²) in [6.45, 7) is 2.28. The highest BCUT2D eigenvalue weighted by atomic mass is 19.4. The molecule has 0 spiro atoms. The van der Waals surface area contributed by atoms with Crippen LogP contribution in [-0.2, 0) is 6.42 Å². The van der Waals surface area contributed by atoms with E-state index in [-0.39, 0.29) is 5.75 Å². The Morgan fingerprint density at radius 3 is 2.35 bits per heavy atom. The Morgan fingerprint density at radius 2 is 1.69 bits per heavy atom. The largest absolute Gasteiger partial charge is 0.573 e. The van der Waals surface area contributed by atoms with Gasteiger partial charge in [-0.2, -0.15) is 0 Å². The van der Waals surface area contributed by atoms with Crippen LogP contribution >= 0.6 is 0 Å². The first-order chi connectivity index (χ1) is 12.4. The number of fused-ring (bicyclic) bond motifs is 1. The van der Waals surface area contributed by atoms with Crippen molar-refractivity contribution >= 4 is 6.08 Å². The second-order valence-electron chi connectivity index (χ2n) is 7.93. The maximum atomic E-state index is 12.3. The summed E-state index contributed by atoms with van der Waals surface area (Å²) in [7, 11) is 0. The molecule has 0 atom stereocenters. The lowest BCUT2D eigenvalue weighted by atomic mass is 9.77. The van der Waals surface area contributed by atoms with Crippen molar-refractivity contribution in [3.8, 4) is 5.75 Å². The minimum atomic E-state index is -4.62. The van der Waals surface area contributed by atoms with Crippen molar-refractivity contribution in [1.29, 1.82) is 0 Å². The molecule has 0 amide bonds. The molecule has 0 N–H and O–H groups in total. The second-order valence-corrected chi connectivity index (χ2v) is 7.93. The van der Waals surface area contributed by atoms with E-state index in [4.69, 9.17) is 0 Å². The maximum absolute atomic E-state index is 12.3. The van der Waals surface area contributed by atoms with Gasteiger partial charge in [0.1, 0.15) is 5.75 Å². The molecule has 1 nitrogen and oxygen atoms in total. The van der Waals surface area contributed by atoms with E-state index in [1.807, 2.05) is 0 Å². The average molecular weight is 366 g/mol. The number of alkyl halides is 3. The Balaban J connectivity index is 1.52. The van der Waals surface area contributed by atoms with E-state index in [0.29, 0.717) is 0 Å². The van der Waals surface area contributed by atoms with Gasteiger partial charge < -0.3 is 4.74 Å². The molecular formula is C22H29F3O. The van der Waals surface area contributed by atoms with Crippen LogP contribution in [0.2, 0.25) is 0 Å². The van der Waals surface area contributed by atoms with Crippen molar-refractivity contribution in [2.75, 3.05) is 0 Å². The molecule has 2 aliphatic rings. The van der Waals surface area contributed by atoms with Crippen LogP contribution < -0.4 is 4.74 Å². The predicted molar refractivity (Wildman–Crippen MR) is 99.0 cm³/mol. The number of hydrogen-bond acceptors (Lipinski definition) is 1.